The maximum atomic E-state index is 14.4. The van der Waals surface area contributed by atoms with Crippen molar-refractivity contribution in [2.45, 2.75) is 6.92 Å². The fraction of sp³-hybridized carbons (Fsp3) is 0.286. The van der Waals surface area contributed by atoms with Crippen molar-refractivity contribution in [2.24, 2.45) is 5.92 Å². The fourth-order valence-corrected chi connectivity index (χ4v) is 3.60. The number of aromatic nitrogens is 1. The molecule has 8 nitrogen and oxygen atoms in total. The number of likely N-dealkylation sites (tertiary alicyclic amines) is 1. The zero-order valence-electron chi connectivity index (χ0n) is 16.1. The number of nitrogens with zero attached hydrogens (tertiary/aromatic N) is 2. The summed E-state index contributed by atoms with van der Waals surface area (Å²) in [6, 6.07) is 7.89. The first-order valence-corrected chi connectivity index (χ1v) is 9.52. The first-order chi connectivity index (χ1) is 14.5. The lowest BCUT2D eigenvalue weighted by molar-refractivity contribution is -0.118. The molecule has 3 heterocycles. The molecule has 0 spiro atoms. The first kappa shape index (κ1) is 18.4. The van der Waals surface area contributed by atoms with Gasteiger partial charge in [0, 0.05) is 38.1 Å². The van der Waals surface area contributed by atoms with E-state index in [1.54, 1.807) is 17.9 Å². The number of carbonyl (C=O) groups excluding carboxylic acids is 2. The summed E-state index contributed by atoms with van der Waals surface area (Å²) in [5.74, 6) is 0.181. The van der Waals surface area contributed by atoms with Gasteiger partial charge in [-0.25, -0.2) is 9.37 Å². The number of hydrogen-bond acceptors (Lipinski definition) is 6. The number of anilines is 1. The zero-order chi connectivity index (χ0) is 20.8. The van der Waals surface area contributed by atoms with Crippen LogP contribution in [0.5, 0.6) is 11.5 Å². The van der Waals surface area contributed by atoms with Gasteiger partial charge in [0.25, 0.3) is 11.8 Å². The van der Waals surface area contributed by atoms with Crippen LogP contribution in [0.3, 0.4) is 0 Å². The molecule has 3 aromatic rings. The molecule has 154 valence electrons. The molecule has 5 rings (SSSR count). The maximum absolute atomic E-state index is 14.4. The van der Waals surface area contributed by atoms with E-state index in [9.17, 15) is 14.0 Å². The predicted octanol–water partition coefficient (Wildman–Crippen LogP) is 2.76. The third-order valence-corrected chi connectivity index (χ3v) is 5.13. The molecule has 2 amide bonds. The van der Waals surface area contributed by atoms with E-state index in [4.69, 9.17) is 13.9 Å². The smallest absolute Gasteiger partial charge is 0.262 e. The highest BCUT2D eigenvalue weighted by Crippen LogP contribution is 2.32. The van der Waals surface area contributed by atoms with Crippen LogP contribution in [0.25, 0.3) is 11.1 Å². The van der Waals surface area contributed by atoms with Crippen LogP contribution < -0.4 is 14.8 Å². The van der Waals surface area contributed by atoms with Crippen LogP contribution in [-0.2, 0) is 4.79 Å². The Hall–Kier alpha value is -3.62. The lowest BCUT2D eigenvalue weighted by Gasteiger charge is -2.39. The second-order valence-corrected chi connectivity index (χ2v) is 7.41. The van der Waals surface area contributed by atoms with Gasteiger partial charge in [-0.1, -0.05) is 0 Å². The van der Waals surface area contributed by atoms with Crippen molar-refractivity contribution < 1.29 is 27.9 Å². The summed E-state index contributed by atoms with van der Waals surface area (Å²) in [6.45, 7) is 2.96. The van der Waals surface area contributed by atoms with Gasteiger partial charge < -0.3 is 24.1 Å². The van der Waals surface area contributed by atoms with Gasteiger partial charge in [-0.15, -0.1) is 0 Å². The Kier molecular flexibility index (Phi) is 4.30. The Morgan fingerprint density at radius 3 is 3.00 bits per heavy atom. The molecule has 30 heavy (non-hydrogen) atoms. The van der Waals surface area contributed by atoms with E-state index < -0.39 is 11.7 Å². The third-order valence-electron chi connectivity index (χ3n) is 5.13. The normalized spacial score (nSPS) is 15.9. The van der Waals surface area contributed by atoms with Gasteiger partial charge in [0.2, 0.25) is 0 Å². The van der Waals surface area contributed by atoms with Gasteiger partial charge in [-0.05, 0) is 18.2 Å². The average Bonchev–Trinajstić information content (AvgIpc) is 3.05. The number of benzene rings is 2. The number of hydrogen-bond donors (Lipinski definition) is 1. The second-order valence-electron chi connectivity index (χ2n) is 7.41. The monoisotopic (exact) mass is 411 g/mol. The summed E-state index contributed by atoms with van der Waals surface area (Å²) in [5.41, 5.74) is 1.64. The Labute approximate surface area is 170 Å². The summed E-state index contributed by atoms with van der Waals surface area (Å²) in [4.78, 5) is 29.9. The standard InChI is InChI=1S/C21H18FN3O5/c1-11-23-16-3-2-13(4-19(16)30-11)28-9-12-7-25(8-12)21(27)14-5-17-18(6-15(14)22)29-10-20(26)24-17/h2-6,12H,7-10H2,1H3,(H,24,26). The molecule has 0 atom stereocenters. The fourth-order valence-electron chi connectivity index (χ4n) is 3.60. The SMILES string of the molecule is Cc1nc2ccc(OCC3CN(C(=O)c4cc5c(cc4F)OCC(=O)N5)C3)cc2o1. The van der Waals surface area contributed by atoms with Crippen LogP contribution in [0.2, 0.25) is 0 Å². The second kappa shape index (κ2) is 7.01. The van der Waals surface area contributed by atoms with Crippen molar-refractivity contribution in [2.75, 3.05) is 31.6 Å². The van der Waals surface area contributed by atoms with Crippen molar-refractivity contribution in [1.29, 1.82) is 0 Å². The van der Waals surface area contributed by atoms with Crippen molar-refractivity contribution in [3.05, 3.63) is 47.6 Å². The highest BCUT2D eigenvalue weighted by Gasteiger charge is 2.34. The molecule has 1 fully saturated rings. The molecule has 0 radical (unpaired) electrons. The van der Waals surface area contributed by atoms with E-state index in [1.165, 1.54) is 6.07 Å². The molecule has 1 aromatic heterocycles. The topological polar surface area (TPSA) is 93.9 Å². The van der Waals surface area contributed by atoms with Crippen molar-refractivity contribution in [3.63, 3.8) is 0 Å². The molecule has 2 aliphatic heterocycles. The first-order valence-electron chi connectivity index (χ1n) is 9.52. The summed E-state index contributed by atoms with van der Waals surface area (Å²) in [6.07, 6.45) is 0. The molecule has 0 aliphatic carbocycles. The van der Waals surface area contributed by atoms with Crippen LogP contribution >= 0.6 is 0 Å². The minimum Gasteiger partial charge on any atom is -0.493 e. The van der Waals surface area contributed by atoms with Crippen LogP contribution in [0.15, 0.2) is 34.7 Å². The number of carbonyl (C=O) groups is 2. The molecule has 1 N–H and O–H groups in total. The van der Waals surface area contributed by atoms with Crippen LogP contribution in [0.1, 0.15) is 16.2 Å². The molecular weight excluding hydrogens is 393 g/mol. The van der Waals surface area contributed by atoms with E-state index in [1.807, 2.05) is 12.1 Å². The molecule has 1 saturated heterocycles. The lowest BCUT2D eigenvalue weighted by atomic mass is 9.99. The van der Waals surface area contributed by atoms with Crippen molar-refractivity contribution in [3.8, 4) is 11.5 Å². The Balaban J connectivity index is 1.19. The number of rotatable bonds is 4. The largest absolute Gasteiger partial charge is 0.493 e. The lowest BCUT2D eigenvalue weighted by Crippen LogP contribution is -2.52. The number of fused-ring (bicyclic) bond motifs is 2. The van der Waals surface area contributed by atoms with E-state index in [0.29, 0.717) is 42.6 Å². The Morgan fingerprint density at radius 1 is 1.33 bits per heavy atom. The van der Waals surface area contributed by atoms with Crippen molar-refractivity contribution >= 4 is 28.6 Å². The van der Waals surface area contributed by atoms with E-state index in [0.717, 1.165) is 11.6 Å². The summed E-state index contributed by atoms with van der Waals surface area (Å²) < 4.78 is 30.8. The molecule has 9 heteroatoms. The van der Waals surface area contributed by atoms with Gasteiger partial charge in [-0.2, -0.15) is 0 Å². The highest BCUT2D eigenvalue weighted by molar-refractivity contribution is 6.00. The zero-order valence-corrected chi connectivity index (χ0v) is 16.1. The summed E-state index contributed by atoms with van der Waals surface area (Å²) in [7, 11) is 0. The summed E-state index contributed by atoms with van der Waals surface area (Å²) >= 11 is 0. The Bertz CT molecular complexity index is 1170. The van der Waals surface area contributed by atoms with Gasteiger partial charge in [0.1, 0.15) is 22.8 Å². The molecule has 0 saturated carbocycles. The van der Waals surface area contributed by atoms with E-state index in [-0.39, 0.29) is 29.7 Å². The molecule has 2 aliphatic rings. The Morgan fingerprint density at radius 2 is 2.17 bits per heavy atom. The average molecular weight is 411 g/mol. The molecular formula is C21H18FN3O5. The van der Waals surface area contributed by atoms with E-state index >= 15 is 0 Å². The number of oxazole rings is 1. The summed E-state index contributed by atoms with van der Waals surface area (Å²) in [5, 5.41) is 2.59. The van der Waals surface area contributed by atoms with Gasteiger partial charge in [0.05, 0.1) is 17.9 Å². The number of halogens is 1. The quantitative estimate of drug-likeness (QED) is 0.710. The van der Waals surface area contributed by atoms with Crippen LogP contribution in [0.4, 0.5) is 10.1 Å². The molecule has 0 bridgehead atoms. The third kappa shape index (κ3) is 3.32. The number of amides is 2. The molecule has 2 aromatic carbocycles. The number of aryl methyl sites for hydroxylation is 1. The minimum atomic E-state index is -0.676. The minimum absolute atomic E-state index is 0.0925. The van der Waals surface area contributed by atoms with Gasteiger partial charge in [0.15, 0.2) is 18.1 Å². The van der Waals surface area contributed by atoms with Gasteiger partial charge in [-0.3, -0.25) is 9.59 Å². The van der Waals surface area contributed by atoms with E-state index in [2.05, 4.69) is 10.3 Å². The highest BCUT2D eigenvalue weighted by atomic mass is 19.1. The number of nitrogens with one attached hydrogen (secondary N) is 1. The predicted molar refractivity (Wildman–Crippen MR) is 104 cm³/mol. The van der Waals surface area contributed by atoms with Crippen LogP contribution in [0, 0.1) is 18.7 Å². The number of ether oxygens (including phenoxy) is 2. The molecule has 0 unspecified atom stereocenters. The maximum Gasteiger partial charge on any atom is 0.262 e. The van der Waals surface area contributed by atoms with Crippen LogP contribution in [-0.4, -0.2) is 48.0 Å². The van der Waals surface area contributed by atoms with Gasteiger partial charge >= 0.3 is 0 Å². The van der Waals surface area contributed by atoms with Crippen molar-refractivity contribution in [1.82, 2.24) is 9.88 Å².